The number of carbonyl (C=O) groups is 1. The molecule has 0 atom stereocenters. The summed E-state index contributed by atoms with van der Waals surface area (Å²) in [6.07, 6.45) is 4.03. The predicted molar refractivity (Wildman–Crippen MR) is 67.7 cm³/mol. The van der Waals surface area contributed by atoms with Gasteiger partial charge in [0.1, 0.15) is 0 Å². The number of nitrogens with zero attached hydrogens (tertiary/aromatic N) is 3. The van der Waals surface area contributed by atoms with Gasteiger partial charge in [-0.3, -0.25) is 18.8 Å². The Kier molecular flexibility index (Phi) is 3.61. The second-order valence-electron chi connectivity index (χ2n) is 3.94. The Hall–Kier alpha value is -1.89. The molecule has 0 spiro atoms. The summed E-state index contributed by atoms with van der Waals surface area (Å²) >= 11 is 1.12. The van der Waals surface area contributed by atoms with Crippen molar-refractivity contribution in [1.82, 2.24) is 14.3 Å². The van der Waals surface area contributed by atoms with Crippen molar-refractivity contribution in [3.8, 4) is 11.3 Å². The molecule has 96 valence electrons. The van der Waals surface area contributed by atoms with Crippen LogP contribution in [0.1, 0.15) is 12.8 Å². The summed E-state index contributed by atoms with van der Waals surface area (Å²) in [6.45, 7) is 0.416. The van der Waals surface area contributed by atoms with Crippen LogP contribution >= 0.6 is 11.3 Å². The van der Waals surface area contributed by atoms with Crippen molar-refractivity contribution in [1.29, 1.82) is 0 Å². The molecule has 2 aromatic heterocycles. The molecule has 1 N–H and O–H groups in total. The van der Waals surface area contributed by atoms with Crippen LogP contribution in [0.15, 0.2) is 22.6 Å². The van der Waals surface area contributed by atoms with Crippen LogP contribution in [0.4, 0.5) is 0 Å². The van der Waals surface area contributed by atoms with Crippen LogP contribution in [0.3, 0.4) is 0 Å². The maximum absolute atomic E-state index is 11.7. The van der Waals surface area contributed by atoms with Gasteiger partial charge in [0.25, 0.3) is 0 Å². The highest BCUT2D eigenvalue weighted by Crippen LogP contribution is 2.19. The number of carboxylic acids is 1. The third kappa shape index (κ3) is 2.67. The van der Waals surface area contributed by atoms with E-state index >= 15 is 0 Å². The molecule has 0 unspecified atom stereocenters. The smallest absolute Gasteiger partial charge is 0.307 e. The van der Waals surface area contributed by atoms with E-state index in [-0.39, 0.29) is 11.3 Å². The zero-order chi connectivity index (χ0) is 13.1. The minimum absolute atomic E-state index is 0.0643. The summed E-state index contributed by atoms with van der Waals surface area (Å²) in [5.74, 6) is -0.846. The van der Waals surface area contributed by atoms with E-state index in [1.807, 2.05) is 13.2 Å². The van der Waals surface area contributed by atoms with Crippen molar-refractivity contribution in [2.75, 3.05) is 0 Å². The SMILES string of the molecule is Cn1cc(-c2csc(=O)n2CCCC(=O)O)cn1. The number of thiazole rings is 1. The normalized spacial score (nSPS) is 10.7. The number of hydrogen-bond acceptors (Lipinski definition) is 4. The lowest BCUT2D eigenvalue weighted by atomic mass is 10.2. The quantitative estimate of drug-likeness (QED) is 0.882. The van der Waals surface area contributed by atoms with Crippen molar-refractivity contribution in [3.63, 3.8) is 0 Å². The van der Waals surface area contributed by atoms with Crippen LogP contribution in [0.25, 0.3) is 11.3 Å². The minimum Gasteiger partial charge on any atom is -0.481 e. The van der Waals surface area contributed by atoms with Gasteiger partial charge >= 0.3 is 10.8 Å². The first-order chi connectivity index (χ1) is 8.58. The molecule has 0 radical (unpaired) electrons. The van der Waals surface area contributed by atoms with Crippen molar-refractivity contribution < 1.29 is 9.90 Å². The monoisotopic (exact) mass is 267 g/mol. The standard InChI is InChI=1S/C11H13N3O3S/c1-13-6-8(5-12-13)9-7-18-11(17)14(9)4-2-3-10(15)16/h5-7H,2-4H2,1H3,(H,15,16). The molecule has 7 heteroatoms. The van der Waals surface area contributed by atoms with Gasteiger partial charge < -0.3 is 5.11 Å². The molecule has 0 aromatic carbocycles. The first kappa shape index (κ1) is 12.6. The number of aliphatic carboxylic acids is 1. The Morgan fingerprint density at radius 2 is 2.33 bits per heavy atom. The van der Waals surface area contributed by atoms with E-state index in [1.165, 1.54) is 0 Å². The molecule has 0 saturated heterocycles. The van der Waals surface area contributed by atoms with E-state index in [0.29, 0.717) is 13.0 Å². The molecular weight excluding hydrogens is 254 g/mol. The maximum atomic E-state index is 11.7. The zero-order valence-corrected chi connectivity index (χ0v) is 10.7. The average molecular weight is 267 g/mol. The third-order valence-corrected chi connectivity index (χ3v) is 3.32. The van der Waals surface area contributed by atoms with Gasteiger partial charge in [0, 0.05) is 37.2 Å². The van der Waals surface area contributed by atoms with Crippen LogP contribution in [0, 0.1) is 0 Å². The Bertz CT molecular complexity index is 611. The van der Waals surface area contributed by atoms with Crippen molar-refractivity contribution in [2.24, 2.45) is 7.05 Å². The Balaban J connectivity index is 2.22. The fourth-order valence-corrected chi connectivity index (χ4v) is 2.50. The highest BCUT2D eigenvalue weighted by atomic mass is 32.1. The highest BCUT2D eigenvalue weighted by molar-refractivity contribution is 7.07. The number of aryl methyl sites for hydroxylation is 1. The number of aromatic nitrogens is 3. The minimum atomic E-state index is -0.846. The molecule has 0 saturated carbocycles. The van der Waals surface area contributed by atoms with E-state index in [0.717, 1.165) is 22.6 Å². The maximum Gasteiger partial charge on any atom is 0.307 e. The Labute approximate surface area is 107 Å². The van der Waals surface area contributed by atoms with Crippen molar-refractivity contribution in [3.05, 3.63) is 27.4 Å². The van der Waals surface area contributed by atoms with Gasteiger partial charge in [0.2, 0.25) is 0 Å². The van der Waals surface area contributed by atoms with Gasteiger partial charge in [-0.15, -0.1) is 0 Å². The van der Waals surface area contributed by atoms with Gasteiger partial charge in [-0.05, 0) is 6.42 Å². The van der Waals surface area contributed by atoms with Crippen LogP contribution in [0.5, 0.6) is 0 Å². The van der Waals surface area contributed by atoms with Gasteiger partial charge in [0.05, 0.1) is 11.9 Å². The largest absolute Gasteiger partial charge is 0.481 e. The molecule has 2 heterocycles. The molecule has 0 aliphatic rings. The van der Waals surface area contributed by atoms with E-state index in [2.05, 4.69) is 5.10 Å². The lowest BCUT2D eigenvalue weighted by Crippen LogP contribution is -2.15. The Morgan fingerprint density at radius 1 is 1.56 bits per heavy atom. The van der Waals surface area contributed by atoms with E-state index in [4.69, 9.17) is 5.11 Å². The summed E-state index contributed by atoms with van der Waals surface area (Å²) in [7, 11) is 1.81. The fourth-order valence-electron chi connectivity index (χ4n) is 1.71. The number of carboxylic acid groups (broad SMARTS) is 1. The van der Waals surface area contributed by atoms with Crippen molar-refractivity contribution in [2.45, 2.75) is 19.4 Å². The molecule has 6 nitrogen and oxygen atoms in total. The molecular formula is C11H13N3O3S. The van der Waals surface area contributed by atoms with Gasteiger partial charge in [-0.1, -0.05) is 11.3 Å². The summed E-state index contributed by atoms with van der Waals surface area (Å²) in [5.41, 5.74) is 1.66. The summed E-state index contributed by atoms with van der Waals surface area (Å²) in [6, 6.07) is 0. The molecule has 2 aromatic rings. The highest BCUT2D eigenvalue weighted by Gasteiger charge is 2.10. The molecule has 18 heavy (non-hydrogen) atoms. The van der Waals surface area contributed by atoms with Crippen LogP contribution < -0.4 is 4.87 Å². The van der Waals surface area contributed by atoms with E-state index in [9.17, 15) is 9.59 Å². The van der Waals surface area contributed by atoms with E-state index in [1.54, 1.807) is 20.8 Å². The predicted octanol–water partition coefficient (Wildman–Crippen LogP) is 1.18. The first-order valence-corrected chi connectivity index (χ1v) is 6.35. The summed E-state index contributed by atoms with van der Waals surface area (Å²) in [4.78, 5) is 22.1. The topological polar surface area (TPSA) is 77.1 Å². The van der Waals surface area contributed by atoms with Crippen LogP contribution in [-0.4, -0.2) is 25.4 Å². The molecule has 0 amide bonds. The lowest BCUT2D eigenvalue weighted by molar-refractivity contribution is -0.137. The molecule has 2 rings (SSSR count). The zero-order valence-electron chi connectivity index (χ0n) is 9.87. The lowest BCUT2D eigenvalue weighted by Gasteiger charge is -2.04. The number of hydrogen-bond donors (Lipinski definition) is 1. The first-order valence-electron chi connectivity index (χ1n) is 5.47. The van der Waals surface area contributed by atoms with E-state index < -0.39 is 5.97 Å². The Morgan fingerprint density at radius 3 is 2.94 bits per heavy atom. The summed E-state index contributed by atoms with van der Waals surface area (Å²) < 4.78 is 3.27. The van der Waals surface area contributed by atoms with Crippen molar-refractivity contribution >= 4 is 17.3 Å². The van der Waals surface area contributed by atoms with Crippen LogP contribution in [-0.2, 0) is 18.4 Å². The van der Waals surface area contributed by atoms with Crippen LogP contribution in [0.2, 0.25) is 0 Å². The van der Waals surface area contributed by atoms with Gasteiger partial charge in [-0.2, -0.15) is 5.10 Å². The second-order valence-corrected chi connectivity index (χ2v) is 4.76. The fraction of sp³-hybridized carbons (Fsp3) is 0.364. The van der Waals surface area contributed by atoms with Gasteiger partial charge in [0.15, 0.2) is 0 Å². The number of rotatable bonds is 5. The second kappa shape index (κ2) is 5.18. The summed E-state index contributed by atoms with van der Waals surface area (Å²) in [5, 5.41) is 14.4. The third-order valence-electron chi connectivity index (χ3n) is 2.56. The molecule has 0 fully saturated rings. The molecule has 0 aliphatic carbocycles. The van der Waals surface area contributed by atoms with Gasteiger partial charge in [-0.25, -0.2) is 0 Å². The average Bonchev–Trinajstić information content (AvgIpc) is 2.86. The molecule has 0 bridgehead atoms. The molecule has 0 aliphatic heterocycles.